The predicted octanol–water partition coefficient (Wildman–Crippen LogP) is 1.27. The number of carbonyl (C=O) groups excluding carboxylic acids is 1. The Hall–Kier alpha value is -2.72. The van der Waals surface area contributed by atoms with Crippen LogP contribution in [0.25, 0.3) is 5.69 Å². The lowest BCUT2D eigenvalue weighted by Gasteiger charge is -2.25. The van der Waals surface area contributed by atoms with Crippen LogP contribution >= 0.6 is 11.8 Å². The maximum absolute atomic E-state index is 13.5. The fourth-order valence-electron chi connectivity index (χ4n) is 3.11. The molecule has 154 valence electrons. The van der Waals surface area contributed by atoms with Crippen LogP contribution in [0, 0.1) is 5.82 Å². The summed E-state index contributed by atoms with van der Waals surface area (Å²) in [6, 6.07) is 9.80. The summed E-state index contributed by atoms with van der Waals surface area (Å²) in [7, 11) is 0. The smallest absolute Gasteiger partial charge is 0.230 e. The third kappa shape index (κ3) is 5.42. The van der Waals surface area contributed by atoms with Crippen LogP contribution in [0.5, 0.6) is 0 Å². The highest BCUT2D eigenvalue weighted by Gasteiger charge is 2.25. The van der Waals surface area contributed by atoms with Crippen LogP contribution < -0.4 is 10.2 Å². The van der Waals surface area contributed by atoms with Crippen LogP contribution in [0.4, 0.5) is 4.39 Å². The number of hydrogen-bond donors (Lipinski definition) is 2. The molecule has 1 aromatic carbocycles. The Kier molecular flexibility index (Phi) is 7.36. The van der Waals surface area contributed by atoms with Crippen molar-refractivity contribution in [2.75, 3.05) is 25.4 Å². The highest BCUT2D eigenvalue weighted by molar-refractivity contribution is 7.99. The summed E-state index contributed by atoms with van der Waals surface area (Å²) in [5.74, 6) is 0.488. The van der Waals surface area contributed by atoms with Gasteiger partial charge in [0.1, 0.15) is 5.82 Å². The van der Waals surface area contributed by atoms with Gasteiger partial charge in [0.2, 0.25) is 11.1 Å². The zero-order chi connectivity index (χ0) is 20.6. The maximum atomic E-state index is 13.5. The zero-order valence-electron chi connectivity index (χ0n) is 16.3. The van der Waals surface area contributed by atoms with Crippen molar-refractivity contribution in [3.63, 3.8) is 0 Å². The summed E-state index contributed by atoms with van der Waals surface area (Å²) in [5, 5.41) is 14.8. The van der Waals surface area contributed by atoms with Gasteiger partial charge in [0, 0.05) is 0 Å². The number of hydrogen-bond acceptors (Lipinski definition) is 6. The average molecular weight is 420 g/mol. The van der Waals surface area contributed by atoms with E-state index < -0.39 is 0 Å². The molecule has 0 saturated heterocycles. The average Bonchev–Trinajstić information content (AvgIpc) is 3.41. The van der Waals surface area contributed by atoms with Crippen LogP contribution in [0.2, 0.25) is 0 Å². The van der Waals surface area contributed by atoms with Crippen molar-refractivity contribution in [1.82, 2.24) is 25.5 Å². The van der Waals surface area contributed by atoms with Gasteiger partial charge in [-0.25, -0.2) is 4.39 Å². The first-order chi connectivity index (χ1) is 14.1. The summed E-state index contributed by atoms with van der Waals surface area (Å²) < 4.78 is 20.4. The standard InChI is InChI=1S/C19H23FN6O2S/c1-3-25(4-2)16(17-9-6-10-28-17)12-21-18(27)13-29-19-22-23-24-26(19)15-8-5-7-14(20)11-15/h5-11,16H,3-4,12-13H2,1-2H3,(H,21,27)/p+1/t16-/m1/s1. The first kappa shape index (κ1) is 21.0. The van der Waals surface area contributed by atoms with E-state index in [-0.39, 0.29) is 23.5 Å². The predicted molar refractivity (Wildman–Crippen MR) is 106 cm³/mol. The number of likely N-dealkylation sites (N-methyl/N-ethyl adjacent to an activating group) is 1. The Morgan fingerprint density at radius 1 is 1.31 bits per heavy atom. The highest BCUT2D eigenvalue weighted by atomic mass is 32.2. The van der Waals surface area contributed by atoms with Crippen LogP contribution in [-0.2, 0) is 4.79 Å². The van der Waals surface area contributed by atoms with Gasteiger partial charge in [0.05, 0.1) is 37.3 Å². The van der Waals surface area contributed by atoms with Gasteiger partial charge in [-0.05, 0) is 54.6 Å². The van der Waals surface area contributed by atoms with E-state index in [1.807, 2.05) is 12.1 Å². The van der Waals surface area contributed by atoms with Crippen molar-refractivity contribution in [3.05, 3.63) is 54.2 Å². The number of nitrogens with zero attached hydrogens (tertiary/aromatic N) is 4. The third-order valence-corrected chi connectivity index (χ3v) is 5.54. The monoisotopic (exact) mass is 419 g/mol. The summed E-state index contributed by atoms with van der Waals surface area (Å²) in [6.07, 6.45) is 1.65. The van der Waals surface area contributed by atoms with Gasteiger partial charge in [-0.15, -0.1) is 5.10 Å². The number of nitrogens with one attached hydrogen (secondary N) is 2. The number of aromatic nitrogens is 4. The number of quaternary nitrogens is 1. The van der Waals surface area contributed by atoms with E-state index >= 15 is 0 Å². The number of furan rings is 1. The number of halogens is 1. The molecule has 0 aliphatic rings. The second-order valence-corrected chi connectivity index (χ2v) is 7.32. The van der Waals surface area contributed by atoms with E-state index in [9.17, 15) is 9.18 Å². The summed E-state index contributed by atoms with van der Waals surface area (Å²) in [5.41, 5.74) is 0.501. The van der Waals surface area contributed by atoms with Gasteiger partial charge in [-0.1, -0.05) is 17.8 Å². The molecule has 29 heavy (non-hydrogen) atoms. The van der Waals surface area contributed by atoms with Crippen LogP contribution in [0.15, 0.2) is 52.2 Å². The zero-order valence-corrected chi connectivity index (χ0v) is 17.2. The summed E-state index contributed by atoms with van der Waals surface area (Å²) in [4.78, 5) is 13.7. The fraction of sp³-hybridized carbons (Fsp3) is 0.368. The summed E-state index contributed by atoms with van der Waals surface area (Å²) in [6.45, 7) is 6.54. The topological polar surface area (TPSA) is 90.3 Å². The van der Waals surface area contributed by atoms with E-state index in [1.165, 1.54) is 33.5 Å². The second kappa shape index (κ2) is 10.2. The molecule has 8 nitrogen and oxygen atoms in total. The van der Waals surface area contributed by atoms with Crippen molar-refractivity contribution >= 4 is 17.7 Å². The highest BCUT2D eigenvalue weighted by Crippen LogP contribution is 2.18. The molecule has 0 unspecified atom stereocenters. The molecule has 0 fully saturated rings. The van der Waals surface area contributed by atoms with Gasteiger partial charge in [0.25, 0.3) is 0 Å². The number of benzene rings is 1. The Bertz CT molecular complexity index is 913. The van der Waals surface area contributed by atoms with Crippen LogP contribution in [0.3, 0.4) is 0 Å². The molecule has 1 amide bonds. The Morgan fingerprint density at radius 3 is 2.83 bits per heavy atom. The lowest BCUT2D eigenvalue weighted by Crippen LogP contribution is -3.12. The molecule has 10 heteroatoms. The molecule has 3 aromatic rings. The maximum Gasteiger partial charge on any atom is 0.230 e. The largest absolute Gasteiger partial charge is 0.463 e. The van der Waals surface area contributed by atoms with E-state index in [0.717, 1.165) is 18.8 Å². The summed E-state index contributed by atoms with van der Waals surface area (Å²) >= 11 is 1.19. The van der Waals surface area contributed by atoms with Crippen molar-refractivity contribution in [2.24, 2.45) is 0 Å². The molecule has 3 rings (SSSR count). The van der Waals surface area contributed by atoms with E-state index in [0.29, 0.717) is 17.4 Å². The molecule has 2 aromatic heterocycles. The van der Waals surface area contributed by atoms with Crippen molar-refractivity contribution < 1.29 is 18.5 Å². The van der Waals surface area contributed by atoms with Crippen LogP contribution in [0.1, 0.15) is 25.6 Å². The molecule has 0 aliphatic heterocycles. The van der Waals surface area contributed by atoms with Gasteiger partial charge >= 0.3 is 0 Å². The Labute approximate surface area is 172 Å². The van der Waals surface area contributed by atoms with E-state index in [4.69, 9.17) is 4.42 Å². The second-order valence-electron chi connectivity index (χ2n) is 6.38. The first-order valence-electron chi connectivity index (χ1n) is 9.44. The molecule has 0 radical (unpaired) electrons. The lowest BCUT2D eigenvalue weighted by atomic mass is 10.2. The number of carbonyl (C=O) groups is 1. The number of tetrazole rings is 1. The molecule has 2 N–H and O–H groups in total. The fourth-order valence-corrected chi connectivity index (χ4v) is 3.84. The van der Waals surface area contributed by atoms with Crippen molar-refractivity contribution in [1.29, 1.82) is 0 Å². The molecule has 0 bridgehead atoms. The van der Waals surface area contributed by atoms with E-state index in [2.05, 4.69) is 34.7 Å². The minimum absolute atomic E-state index is 0.0477. The molecule has 2 heterocycles. The van der Waals surface area contributed by atoms with E-state index in [1.54, 1.807) is 18.4 Å². The Morgan fingerprint density at radius 2 is 2.14 bits per heavy atom. The van der Waals surface area contributed by atoms with Crippen molar-refractivity contribution in [2.45, 2.75) is 25.0 Å². The third-order valence-electron chi connectivity index (χ3n) is 4.62. The lowest BCUT2D eigenvalue weighted by molar-refractivity contribution is -0.928. The van der Waals surface area contributed by atoms with Gasteiger partial charge in [-0.2, -0.15) is 4.68 Å². The van der Waals surface area contributed by atoms with Crippen molar-refractivity contribution in [3.8, 4) is 5.69 Å². The van der Waals surface area contributed by atoms with Gasteiger partial charge < -0.3 is 14.6 Å². The number of amides is 1. The quantitative estimate of drug-likeness (QED) is 0.481. The minimum atomic E-state index is -0.380. The first-order valence-corrected chi connectivity index (χ1v) is 10.4. The molecular formula is C19H24FN6O2S+. The van der Waals surface area contributed by atoms with Gasteiger partial charge in [0.15, 0.2) is 11.8 Å². The minimum Gasteiger partial charge on any atom is -0.463 e. The SMILES string of the molecule is CC[NH+](CC)[C@H](CNC(=O)CSc1nnnn1-c1cccc(F)c1)c1ccco1. The Balaban J connectivity index is 1.58. The molecule has 0 saturated carbocycles. The molecular weight excluding hydrogens is 395 g/mol. The normalized spacial score (nSPS) is 12.3. The molecule has 1 atom stereocenters. The molecule has 0 spiro atoms. The van der Waals surface area contributed by atoms with Gasteiger partial charge in [-0.3, -0.25) is 4.79 Å². The van der Waals surface area contributed by atoms with Crippen LogP contribution in [-0.4, -0.2) is 51.5 Å². The number of thioether (sulfide) groups is 1. The number of rotatable bonds is 10. The molecule has 0 aliphatic carbocycles.